The molecular formula is C23H19N3O2S. The van der Waals surface area contributed by atoms with Gasteiger partial charge in [-0.15, -0.1) is 11.3 Å². The van der Waals surface area contributed by atoms with Gasteiger partial charge in [0, 0.05) is 18.0 Å². The van der Waals surface area contributed by atoms with Crippen LogP contribution in [0.1, 0.15) is 15.2 Å². The van der Waals surface area contributed by atoms with Gasteiger partial charge in [-0.05, 0) is 41.3 Å². The number of hydrogen-bond donors (Lipinski definition) is 2. The normalized spacial score (nSPS) is 11.7. The van der Waals surface area contributed by atoms with Gasteiger partial charge in [0.2, 0.25) is 5.91 Å². The molecule has 0 fully saturated rings. The minimum absolute atomic E-state index is 0.254. The number of hydrogen-bond acceptors (Lipinski definition) is 4. The van der Waals surface area contributed by atoms with Crippen molar-refractivity contribution >= 4 is 39.7 Å². The van der Waals surface area contributed by atoms with Crippen molar-refractivity contribution in [2.24, 2.45) is 0 Å². The predicted octanol–water partition coefficient (Wildman–Crippen LogP) is 4.28. The van der Waals surface area contributed by atoms with E-state index in [2.05, 4.69) is 15.6 Å². The molecule has 0 bridgehead atoms. The molecule has 29 heavy (non-hydrogen) atoms. The van der Waals surface area contributed by atoms with Crippen molar-refractivity contribution in [3.63, 3.8) is 0 Å². The molecule has 2 N–H and O–H groups in total. The molecule has 0 aliphatic heterocycles. The van der Waals surface area contributed by atoms with Crippen LogP contribution >= 0.6 is 11.3 Å². The fourth-order valence-electron chi connectivity index (χ4n) is 3.13. The van der Waals surface area contributed by atoms with Crippen molar-refractivity contribution in [2.75, 3.05) is 5.32 Å². The van der Waals surface area contributed by atoms with E-state index >= 15 is 0 Å². The van der Waals surface area contributed by atoms with Crippen LogP contribution in [0.2, 0.25) is 0 Å². The summed E-state index contributed by atoms with van der Waals surface area (Å²) < 4.78 is 0. The van der Waals surface area contributed by atoms with Crippen molar-refractivity contribution in [3.05, 3.63) is 94.8 Å². The molecule has 2 aromatic carbocycles. The molecule has 2 heterocycles. The van der Waals surface area contributed by atoms with Gasteiger partial charge in [-0.3, -0.25) is 14.6 Å². The third kappa shape index (κ3) is 4.50. The summed E-state index contributed by atoms with van der Waals surface area (Å²) in [6.45, 7) is 0. The van der Waals surface area contributed by atoms with Crippen molar-refractivity contribution in [2.45, 2.75) is 12.5 Å². The van der Waals surface area contributed by atoms with Gasteiger partial charge < -0.3 is 10.6 Å². The fraction of sp³-hybridized carbons (Fsp3) is 0.0870. The van der Waals surface area contributed by atoms with Crippen LogP contribution < -0.4 is 10.6 Å². The van der Waals surface area contributed by atoms with E-state index in [1.807, 2.05) is 72.1 Å². The number of rotatable bonds is 6. The predicted molar refractivity (Wildman–Crippen MR) is 116 cm³/mol. The SMILES string of the molecule is O=C(NC(Cc1ccccc1)C(=O)Nc1cccc2ncccc12)c1cccs1. The Morgan fingerprint density at radius 1 is 0.931 bits per heavy atom. The maximum Gasteiger partial charge on any atom is 0.262 e. The third-order valence-corrected chi connectivity index (χ3v) is 5.42. The van der Waals surface area contributed by atoms with Gasteiger partial charge in [0.15, 0.2) is 0 Å². The first-order chi connectivity index (χ1) is 14.2. The van der Waals surface area contributed by atoms with Crippen LogP contribution in [-0.4, -0.2) is 22.8 Å². The summed E-state index contributed by atoms with van der Waals surface area (Å²) in [4.78, 5) is 30.6. The minimum atomic E-state index is -0.709. The molecule has 2 aromatic heterocycles. The lowest BCUT2D eigenvalue weighted by Gasteiger charge is -2.19. The van der Waals surface area contributed by atoms with Crippen molar-refractivity contribution < 1.29 is 9.59 Å². The molecule has 6 heteroatoms. The van der Waals surface area contributed by atoms with Crippen molar-refractivity contribution in [3.8, 4) is 0 Å². The highest BCUT2D eigenvalue weighted by Crippen LogP contribution is 2.22. The summed E-state index contributed by atoms with van der Waals surface area (Å²) in [6, 6.07) is 21.8. The third-order valence-electron chi connectivity index (χ3n) is 4.55. The Labute approximate surface area is 172 Å². The summed E-state index contributed by atoms with van der Waals surface area (Å²) in [7, 11) is 0. The summed E-state index contributed by atoms with van der Waals surface area (Å²) in [5, 5.41) is 8.54. The van der Waals surface area contributed by atoms with Gasteiger partial charge in [0.05, 0.1) is 16.1 Å². The molecule has 4 aromatic rings. The van der Waals surface area contributed by atoms with Crippen LogP contribution in [0, 0.1) is 0 Å². The number of thiophene rings is 1. The largest absolute Gasteiger partial charge is 0.339 e. The molecule has 1 atom stereocenters. The average molecular weight is 401 g/mol. The smallest absolute Gasteiger partial charge is 0.262 e. The van der Waals surface area contributed by atoms with Gasteiger partial charge in [0.1, 0.15) is 6.04 Å². The van der Waals surface area contributed by atoms with Crippen LogP contribution in [0.15, 0.2) is 84.4 Å². The molecule has 5 nitrogen and oxygen atoms in total. The Kier molecular flexibility index (Phi) is 5.63. The highest BCUT2D eigenvalue weighted by Gasteiger charge is 2.23. The molecule has 0 aliphatic rings. The zero-order valence-corrected chi connectivity index (χ0v) is 16.4. The number of aromatic nitrogens is 1. The molecule has 1 unspecified atom stereocenters. The molecule has 4 rings (SSSR count). The van der Waals surface area contributed by atoms with Crippen LogP contribution in [0.25, 0.3) is 10.9 Å². The number of pyridine rings is 1. The standard InChI is InChI=1S/C23H19N3O2S/c27-22(25-19-11-4-10-18-17(19)9-5-13-24-18)20(15-16-7-2-1-3-8-16)26-23(28)21-12-6-14-29-21/h1-14,20H,15H2,(H,25,27)(H,26,28). The quantitative estimate of drug-likeness (QED) is 0.507. The van der Waals surface area contributed by atoms with E-state index in [1.54, 1.807) is 12.3 Å². The van der Waals surface area contributed by atoms with Crippen LogP contribution in [0.5, 0.6) is 0 Å². The maximum atomic E-state index is 13.1. The van der Waals surface area contributed by atoms with Crippen LogP contribution in [0.3, 0.4) is 0 Å². The molecule has 0 saturated carbocycles. The van der Waals surface area contributed by atoms with E-state index in [4.69, 9.17) is 0 Å². The van der Waals surface area contributed by atoms with Gasteiger partial charge in [-0.1, -0.05) is 42.5 Å². The zero-order chi connectivity index (χ0) is 20.1. The molecule has 0 saturated heterocycles. The maximum absolute atomic E-state index is 13.1. The topological polar surface area (TPSA) is 71.1 Å². The summed E-state index contributed by atoms with van der Waals surface area (Å²) in [6.07, 6.45) is 2.11. The summed E-state index contributed by atoms with van der Waals surface area (Å²) in [5.74, 6) is -0.522. The Morgan fingerprint density at radius 3 is 2.59 bits per heavy atom. The molecule has 2 amide bonds. The van der Waals surface area contributed by atoms with Gasteiger partial charge in [0.25, 0.3) is 5.91 Å². The first kappa shape index (κ1) is 18.8. The van der Waals surface area contributed by atoms with E-state index in [0.29, 0.717) is 17.0 Å². The number of nitrogens with one attached hydrogen (secondary N) is 2. The molecule has 0 aliphatic carbocycles. The fourth-order valence-corrected chi connectivity index (χ4v) is 3.76. The first-order valence-electron chi connectivity index (χ1n) is 9.23. The monoisotopic (exact) mass is 401 g/mol. The first-order valence-corrected chi connectivity index (χ1v) is 10.1. The Morgan fingerprint density at radius 2 is 1.79 bits per heavy atom. The van der Waals surface area contributed by atoms with Crippen LogP contribution in [-0.2, 0) is 11.2 Å². The van der Waals surface area contributed by atoms with Crippen LogP contribution in [0.4, 0.5) is 5.69 Å². The summed E-state index contributed by atoms with van der Waals surface area (Å²) >= 11 is 1.34. The Hall–Kier alpha value is -3.51. The number of carbonyl (C=O) groups is 2. The van der Waals surface area contributed by atoms with E-state index in [-0.39, 0.29) is 11.8 Å². The Bertz CT molecular complexity index is 1120. The molecule has 0 spiro atoms. The molecule has 0 radical (unpaired) electrons. The van der Waals surface area contributed by atoms with Crippen molar-refractivity contribution in [1.29, 1.82) is 0 Å². The minimum Gasteiger partial charge on any atom is -0.339 e. The number of fused-ring (bicyclic) bond motifs is 1. The Balaban J connectivity index is 1.58. The second kappa shape index (κ2) is 8.67. The van der Waals surface area contributed by atoms with E-state index < -0.39 is 6.04 Å². The molecule has 144 valence electrons. The van der Waals surface area contributed by atoms with E-state index in [9.17, 15) is 9.59 Å². The zero-order valence-electron chi connectivity index (χ0n) is 15.5. The van der Waals surface area contributed by atoms with E-state index in [1.165, 1.54) is 11.3 Å². The number of benzene rings is 2. The number of amides is 2. The highest BCUT2D eigenvalue weighted by atomic mass is 32.1. The molecular weight excluding hydrogens is 382 g/mol. The number of carbonyl (C=O) groups excluding carboxylic acids is 2. The van der Waals surface area contributed by atoms with Crippen molar-refractivity contribution in [1.82, 2.24) is 10.3 Å². The lowest BCUT2D eigenvalue weighted by atomic mass is 10.0. The summed E-state index contributed by atoms with van der Waals surface area (Å²) in [5.41, 5.74) is 2.44. The number of anilines is 1. The van der Waals surface area contributed by atoms with Gasteiger partial charge in [-0.2, -0.15) is 0 Å². The van der Waals surface area contributed by atoms with Gasteiger partial charge in [-0.25, -0.2) is 0 Å². The lowest BCUT2D eigenvalue weighted by Crippen LogP contribution is -2.45. The lowest BCUT2D eigenvalue weighted by molar-refractivity contribution is -0.118. The second-order valence-electron chi connectivity index (χ2n) is 6.56. The average Bonchev–Trinajstić information content (AvgIpc) is 3.29. The number of nitrogens with zero attached hydrogens (tertiary/aromatic N) is 1. The van der Waals surface area contributed by atoms with Gasteiger partial charge >= 0.3 is 0 Å². The van der Waals surface area contributed by atoms with E-state index in [0.717, 1.165) is 16.5 Å². The second-order valence-corrected chi connectivity index (χ2v) is 7.51. The highest BCUT2D eigenvalue weighted by molar-refractivity contribution is 7.12.